The normalized spacial score (nSPS) is 10.1. The minimum Gasteiger partial charge on any atom is -0.394 e. The number of anilines is 5. The first-order valence-electron chi connectivity index (χ1n) is 9.83. The Morgan fingerprint density at radius 2 is 1.24 bits per heavy atom. The highest BCUT2D eigenvalue weighted by Crippen LogP contribution is 2.26. The Hall–Kier alpha value is -4.02. The summed E-state index contributed by atoms with van der Waals surface area (Å²) in [6.45, 7) is 3.98. The average molecular weight is 499 g/mol. The van der Waals surface area contributed by atoms with Gasteiger partial charge >= 0.3 is 5.69 Å². The lowest BCUT2D eigenvalue weighted by Crippen LogP contribution is -2.01. The molecule has 0 fully saturated rings. The molecule has 34 heavy (non-hydrogen) atoms. The maximum Gasteiger partial charge on any atom is 0.329 e. The zero-order valence-corrected chi connectivity index (χ0v) is 19.7. The number of halogens is 2. The predicted octanol–water partition coefficient (Wildman–Crippen LogP) is 5.85. The number of nitrogen functional groups attached to an aromatic ring is 1. The Morgan fingerprint density at radius 1 is 0.794 bits per heavy atom. The maximum atomic E-state index is 10.8. The summed E-state index contributed by atoms with van der Waals surface area (Å²) in [5, 5.41) is 16.9. The fourth-order valence-electron chi connectivity index (χ4n) is 2.60. The number of hydrogen-bond donors (Lipinski definition) is 3. The van der Waals surface area contributed by atoms with Crippen molar-refractivity contribution in [3.8, 4) is 0 Å². The first-order valence-corrected chi connectivity index (χ1v) is 10.6. The van der Waals surface area contributed by atoms with Crippen molar-refractivity contribution in [3.05, 3.63) is 92.7 Å². The van der Waals surface area contributed by atoms with Crippen molar-refractivity contribution in [1.29, 1.82) is 0 Å². The van der Waals surface area contributed by atoms with Crippen LogP contribution >= 0.6 is 23.2 Å². The Balaban J connectivity index is 0.000000192. The molecule has 0 aliphatic carbocycles. The summed E-state index contributed by atoms with van der Waals surface area (Å²) in [6, 6.07) is 15.3. The van der Waals surface area contributed by atoms with E-state index >= 15 is 0 Å². The van der Waals surface area contributed by atoms with Gasteiger partial charge in [0.1, 0.15) is 6.20 Å². The average Bonchev–Trinajstić information content (AvgIpc) is 2.80. The summed E-state index contributed by atoms with van der Waals surface area (Å²) >= 11 is 11.3. The van der Waals surface area contributed by atoms with E-state index in [0.717, 1.165) is 17.4 Å². The van der Waals surface area contributed by atoms with Crippen molar-refractivity contribution in [1.82, 2.24) is 19.9 Å². The van der Waals surface area contributed by atoms with E-state index in [2.05, 4.69) is 30.6 Å². The van der Waals surface area contributed by atoms with Gasteiger partial charge in [-0.2, -0.15) is 9.97 Å². The molecule has 0 amide bonds. The van der Waals surface area contributed by atoms with Gasteiger partial charge in [-0.25, -0.2) is 9.97 Å². The fourth-order valence-corrected chi connectivity index (χ4v) is 2.86. The van der Waals surface area contributed by atoms with Crippen molar-refractivity contribution >= 4 is 57.6 Å². The third-order valence-electron chi connectivity index (χ3n) is 4.35. The van der Waals surface area contributed by atoms with E-state index in [9.17, 15) is 10.1 Å². The Kier molecular flexibility index (Phi) is 8.12. The fraction of sp³-hybridized carbons (Fsp3) is 0.0909. The zero-order chi connectivity index (χ0) is 24.7. The lowest BCUT2D eigenvalue weighted by Gasteiger charge is -2.07. The molecule has 0 aliphatic rings. The molecule has 4 rings (SSSR count). The molecule has 2 heterocycles. The van der Waals surface area contributed by atoms with Gasteiger partial charge in [0.15, 0.2) is 5.82 Å². The van der Waals surface area contributed by atoms with Crippen molar-refractivity contribution in [2.75, 3.05) is 16.4 Å². The minimum atomic E-state index is -0.563. The topological polar surface area (TPSA) is 145 Å². The van der Waals surface area contributed by atoms with Gasteiger partial charge in [-0.05, 0) is 61.3 Å². The number of nitrogens with two attached hydrogens (primary N) is 1. The quantitative estimate of drug-likeness (QED) is 0.175. The highest BCUT2D eigenvalue weighted by atomic mass is 35.5. The molecule has 4 N–H and O–H groups in total. The Bertz CT molecular complexity index is 1290. The summed E-state index contributed by atoms with van der Waals surface area (Å²) in [5.41, 5.74) is 9.85. The summed E-state index contributed by atoms with van der Waals surface area (Å²) < 4.78 is 0. The van der Waals surface area contributed by atoms with Crippen LogP contribution < -0.4 is 16.4 Å². The predicted molar refractivity (Wildman–Crippen MR) is 134 cm³/mol. The van der Waals surface area contributed by atoms with Crippen molar-refractivity contribution in [2.24, 2.45) is 0 Å². The standard InChI is InChI=1S/C11H9ClN4O2.C11H11ClN4/c1-7-2-4-8(5-3-7)14-10-9(16(17)18)6-13-11(12)15-10;1-7-2-4-8(5-3-7)15-10-9(13)6-14-11(12)16-10/h2-6H,1H3,(H,13,14,15);2-6H,13H2,1H3,(H,14,15,16). The number of rotatable bonds is 5. The van der Waals surface area contributed by atoms with Crippen molar-refractivity contribution in [3.63, 3.8) is 0 Å². The lowest BCUT2D eigenvalue weighted by molar-refractivity contribution is -0.384. The summed E-state index contributed by atoms with van der Waals surface area (Å²) in [6.07, 6.45) is 2.55. The van der Waals surface area contributed by atoms with Crippen LogP contribution in [0, 0.1) is 24.0 Å². The molecule has 2 aromatic carbocycles. The van der Waals surface area contributed by atoms with Crippen molar-refractivity contribution in [2.45, 2.75) is 13.8 Å². The molecule has 0 aliphatic heterocycles. The minimum absolute atomic E-state index is 0.0461. The molecule has 0 radical (unpaired) electrons. The van der Waals surface area contributed by atoms with E-state index in [0.29, 0.717) is 17.2 Å². The molecule has 10 nitrogen and oxygen atoms in total. The van der Waals surface area contributed by atoms with Gasteiger partial charge in [0.05, 0.1) is 16.8 Å². The molecule has 0 saturated heterocycles. The number of benzene rings is 2. The summed E-state index contributed by atoms with van der Waals surface area (Å²) in [4.78, 5) is 25.5. The Morgan fingerprint density at radius 3 is 1.74 bits per heavy atom. The summed E-state index contributed by atoms with van der Waals surface area (Å²) in [5.74, 6) is 0.590. The van der Waals surface area contributed by atoms with Crippen LogP contribution in [-0.4, -0.2) is 24.9 Å². The van der Waals surface area contributed by atoms with Crippen LogP contribution in [-0.2, 0) is 0 Å². The molecule has 0 atom stereocenters. The smallest absolute Gasteiger partial charge is 0.329 e. The SMILES string of the molecule is Cc1ccc(Nc2nc(Cl)ncc2N)cc1.Cc1ccc(Nc2nc(Cl)ncc2[N+](=O)[O-])cc1. The maximum absolute atomic E-state index is 10.8. The molecule has 0 spiro atoms. The largest absolute Gasteiger partial charge is 0.394 e. The number of hydrogen-bond acceptors (Lipinski definition) is 9. The van der Waals surface area contributed by atoms with E-state index in [-0.39, 0.29) is 22.1 Å². The van der Waals surface area contributed by atoms with E-state index < -0.39 is 4.92 Å². The van der Waals surface area contributed by atoms with E-state index in [1.807, 2.05) is 50.2 Å². The van der Waals surface area contributed by atoms with Crippen LogP contribution in [0.15, 0.2) is 60.9 Å². The first kappa shape index (κ1) is 24.6. The second kappa shape index (κ2) is 11.2. The molecular weight excluding hydrogens is 479 g/mol. The van der Waals surface area contributed by atoms with Crippen LogP contribution in [0.2, 0.25) is 10.6 Å². The number of aromatic nitrogens is 4. The lowest BCUT2D eigenvalue weighted by atomic mass is 10.2. The van der Waals surface area contributed by atoms with E-state index in [1.165, 1.54) is 11.8 Å². The Labute approximate surface area is 205 Å². The van der Waals surface area contributed by atoms with Crippen LogP contribution in [0.1, 0.15) is 11.1 Å². The second-order valence-corrected chi connectivity index (χ2v) is 7.73. The third kappa shape index (κ3) is 6.99. The number of nitrogens with zero attached hydrogens (tertiary/aromatic N) is 5. The third-order valence-corrected chi connectivity index (χ3v) is 4.72. The van der Waals surface area contributed by atoms with Crippen LogP contribution in [0.4, 0.5) is 34.4 Å². The van der Waals surface area contributed by atoms with E-state index in [1.54, 1.807) is 12.1 Å². The molecular formula is C22H20Cl2N8O2. The van der Waals surface area contributed by atoms with Crippen molar-refractivity contribution < 1.29 is 4.92 Å². The van der Waals surface area contributed by atoms with Crippen LogP contribution in [0.5, 0.6) is 0 Å². The van der Waals surface area contributed by atoms with Crippen LogP contribution in [0.3, 0.4) is 0 Å². The van der Waals surface area contributed by atoms with E-state index in [4.69, 9.17) is 28.9 Å². The van der Waals surface area contributed by atoms with Gasteiger partial charge in [0.25, 0.3) is 0 Å². The number of nitrogens with one attached hydrogen (secondary N) is 2. The molecule has 0 bridgehead atoms. The molecule has 0 unspecified atom stereocenters. The van der Waals surface area contributed by atoms with Gasteiger partial charge < -0.3 is 16.4 Å². The van der Waals surface area contributed by atoms with Gasteiger partial charge in [-0.3, -0.25) is 10.1 Å². The highest BCUT2D eigenvalue weighted by molar-refractivity contribution is 6.28. The zero-order valence-electron chi connectivity index (χ0n) is 18.2. The number of nitro groups is 1. The molecule has 0 saturated carbocycles. The van der Waals surface area contributed by atoms with Crippen LogP contribution in [0.25, 0.3) is 0 Å². The number of aryl methyl sites for hydroxylation is 2. The molecule has 2 aromatic heterocycles. The monoisotopic (exact) mass is 498 g/mol. The van der Waals surface area contributed by atoms with Gasteiger partial charge in [-0.1, -0.05) is 35.4 Å². The second-order valence-electron chi connectivity index (χ2n) is 7.06. The molecule has 4 aromatic rings. The molecule has 174 valence electrons. The first-order chi connectivity index (χ1) is 16.2. The molecule has 12 heteroatoms. The van der Waals surface area contributed by atoms with Gasteiger partial charge in [0.2, 0.25) is 16.4 Å². The summed E-state index contributed by atoms with van der Waals surface area (Å²) in [7, 11) is 0. The highest BCUT2D eigenvalue weighted by Gasteiger charge is 2.16. The van der Waals surface area contributed by atoms with Gasteiger partial charge in [-0.15, -0.1) is 0 Å². The van der Waals surface area contributed by atoms with Gasteiger partial charge in [0, 0.05) is 11.4 Å².